The molecule has 0 aliphatic carbocycles. The lowest BCUT2D eigenvalue weighted by Gasteiger charge is -2.19. The van der Waals surface area contributed by atoms with Crippen LogP contribution in [-0.4, -0.2) is 22.8 Å². The zero-order valence-electron chi connectivity index (χ0n) is 11.1. The summed E-state index contributed by atoms with van der Waals surface area (Å²) in [7, 11) is 0. The summed E-state index contributed by atoms with van der Waals surface area (Å²) in [5.41, 5.74) is 0.370. The Kier molecular flexibility index (Phi) is 6.38. The maximum Gasteiger partial charge on any atom is 0.387 e. The molecule has 0 bridgehead atoms. The number of rotatable bonds is 8. The second kappa shape index (κ2) is 7.79. The average Bonchev–Trinajstić information content (AvgIpc) is 2.38. The predicted molar refractivity (Wildman–Crippen MR) is 68.7 cm³/mol. The molecule has 6 heteroatoms. The van der Waals surface area contributed by atoms with E-state index in [1.165, 1.54) is 24.3 Å². The number of hydrogen-bond acceptors (Lipinski definition) is 3. The molecule has 0 saturated carbocycles. The summed E-state index contributed by atoms with van der Waals surface area (Å²) in [5.74, 6) is -2.01. The SMILES string of the molecule is CCCCC(C(=O)O)C(O)c1ccc(OC(F)F)cc1. The number of aliphatic carboxylic acids is 1. The molecule has 0 radical (unpaired) electrons. The zero-order valence-corrected chi connectivity index (χ0v) is 11.1. The van der Waals surface area contributed by atoms with E-state index in [0.29, 0.717) is 18.4 Å². The Labute approximate surface area is 116 Å². The molecule has 0 saturated heterocycles. The first-order valence-electron chi connectivity index (χ1n) is 6.41. The van der Waals surface area contributed by atoms with Crippen LogP contribution in [-0.2, 0) is 4.79 Å². The van der Waals surface area contributed by atoms with E-state index in [4.69, 9.17) is 5.11 Å². The Morgan fingerprint density at radius 2 is 1.90 bits per heavy atom. The van der Waals surface area contributed by atoms with E-state index >= 15 is 0 Å². The van der Waals surface area contributed by atoms with Gasteiger partial charge in [-0.15, -0.1) is 0 Å². The summed E-state index contributed by atoms with van der Waals surface area (Å²) >= 11 is 0. The first-order chi connectivity index (χ1) is 9.45. The number of carboxylic acid groups (broad SMARTS) is 1. The molecule has 0 amide bonds. The second-order valence-electron chi connectivity index (χ2n) is 4.48. The Morgan fingerprint density at radius 1 is 1.30 bits per heavy atom. The Balaban J connectivity index is 2.78. The van der Waals surface area contributed by atoms with E-state index in [2.05, 4.69) is 4.74 Å². The fraction of sp³-hybridized carbons (Fsp3) is 0.500. The number of hydrogen-bond donors (Lipinski definition) is 2. The molecule has 0 heterocycles. The van der Waals surface area contributed by atoms with Crippen molar-refractivity contribution in [1.29, 1.82) is 0 Å². The normalized spacial score (nSPS) is 14.1. The molecule has 0 fully saturated rings. The van der Waals surface area contributed by atoms with Crippen LogP contribution >= 0.6 is 0 Å². The maximum atomic E-state index is 12.0. The molecule has 0 aliphatic heterocycles. The van der Waals surface area contributed by atoms with Crippen LogP contribution in [0.25, 0.3) is 0 Å². The molecule has 112 valence electrons. The van der Waals surface area contributed by atoms with Gasteiger partial charge in [0.15, 0.2) is 0 Å². The molecular weight excluding hydrogens is 270 g/mol. The number of halogens is 2. The van der Waals surface area contributed by atoms with Crippen LogP contribution in [0.1, 0.15) is 37.9 Å². The van der Waals surface area contributed by atoms with Gasteiger partial charge < -0.3 is 14.9 Å². The van der Waals surface area contributed by atoms with Crippen LogP contribution in [0, 0.1) is 5.92 Å². The molecule has 2 unspecified atom stereocenters. The molecule has 2 N–H and O–H groups in total. The van der Waals surface area contributed by atoms with Crippen LogP contribution in [0.5, 0.6) is 5.75 Å². The topological polar surface area (TPSA) is 66.8 Å². The number of ether oxygens (including phenoxy) is 1. The summed E-state index contributed by atoms with van der Waals surface area (Å²) in [6.45, 7) is -0.982. The highest BCUT2D eigenvalue weighted by Gasteiger charge is 2.27. The number of aliphatic hydroxyl groups is 1. The van der Waals surface area contributed by atoms with Gasteiger partial charge in [-0.2, -0.15) is 8.78 Å². The van der Waals surface area contributed by atoms with Crippen LogP contribution < -0.4 is 4.74 Å². The maximum absolute atomic E-state index is 12.0. The van der Waals surface area contributed by atoms with Gasteiger partial charge in [0.1, 0.15) is 5.75 Å². The minimum atomic E-state index is -2.91. The van der Waals surface area contributed by atoms with E-state index < -0.39 is 24.6 Å². The van der Waals surface area contributed by atoms with Crippen molar-refractivity contribution in [1.82, 2.24) is 0 Å². The lowest BCUT2D eigenvalue weighted by Crippen LogP contribution is -2.22. The second-order valence-corrected chi connectivity index (χ2v) is 4.48. The first kappa shape index (κ1) is 16.4. The molecule has 1 rings (SSSR count). The lowest BCUT2D eigenvalue weighted by atomic mass is 9.91. The van der Waals surface area contributed by atoms with Crippen LogP contribution in [0.3, 0.4) is 0 Å². The smallest absolute Gasteiger partial charge is 0.387 e. The summed E-state index contributed by atoms with van der Waals surface area (Å²) in [6, 6.07) is 5.35. The standard InChI is InChI=1S/C14H18F2O4/c1-2-3-4-11(13(18)19)12(17)9-5-7-10(8-6-9)20-14(15)16/h5-8,11-12,14,17H,2-4H2,1H3,(H,18,19). The summed E-state index contributed by atoms with van der Waals surface area (Å²) < 4.78 is 28.2. The highest BCUT2D eigenvalue weighted by atomic mass is 19.3. The first-order valence-corrected chi connectivity index (χ1v) is 6.41. The van der Waals surface area contributed by atoms with Crippen LogP contribution in [0.2, 0.25) is 0 Å². The third-order valence-electron chi connectivity index (χ3n) is 3.01. The van der Waals surface area contributed by atoms with E-state index in [-0.39, 0.29) is 5.75 Å². The molecule has 0 spiro atoms. The lowest BCUT2D eigenvalue weighted by molar-refractivity contribution is -0.146. The van der Waals surface area contributed by atoms with Gasteiger partial charge in [0.2, 0.25) is 0 Å². The Bertz CT molecular complexity index is 420. The van der Waals surface area contributed by atoms with E-state index in [1.807, 2.05) is 6.92 Å². The Hall–Kier alpha value is -1.69. The third kappa shape index (κ3) is 4.77. The van der Waals surface area contributed by atoms with Crippen molar-refractivity contribution in [3.63, 3.8) is 0 Å². The highest BCUT2D eigenvalue weighted by Crippen LogP contribution is 2.28. The largest absolute Gasteiger partial charge is 0.481 e. The molecule has 2 atom stereocenters. The summed E-state index contributed by atoms with van der Waals surface area (Å²) in [6.07, 6.45) is 0.722. The molecule has 0 aliphatic rings. The van der Waals surface area contributed by atoms with E-state index in [1.54, 1.807) is 0 Å². The number of aliphatic hydroxyl groups excluding tert-OH is 1. The Morgan fingerprint density at radius 3 is 2.35 bits per heavy atom. The molecule has 20 heavy (non-hydrogen) atoms. The van der Waals surface area contributed by atoms with Crippen molar-refractivity contribution >= 4 is 5.97 Å². The van der Waals surface area contributed by atoms with Crippen molar-refractivity contribution in [2.45, 2.75) is 38.9 Å². The van der Waals surface area contributed by atoms with Crippen molar-refractivity contribution in [2.24, 2.45) is 5.92 Å². The minimum Gasteiger partial charge on any atom is -0.481 e. The number of benzene rings is 1. The highest BCUT2D eigenvalue weighted by molar-refractivity contribution is 5.71. The zero-order chi connectivity index (χ0) is 15.1. The number of unbranched alkanes of at least 4 members (excludes halogenated alkanes) is 1. The fourth-order valence-corrected chi connectivity index (χ4v) is 1.92. The average molecular weight is 288 g/mol. The summed E-state index contributed by atoms with van der Waals surface area (Å²) in [5, 5.41) is 19.2. The van der Waals surface area contributed by atoms with Crippen LogP contribution in [0.15, 0.2) is 24.3 Å². The molecule has 4 nitrogen and oxygen atoms in total. The summed E-state index contributed by atoms with van der Waals surface area (Å²) in [4.78, 5) is 11.1. The van der Waals surface area contributed by atoms with Gasteiger partial charge in [0.05, 0.1) is 12.0 Å². The van der Waals surface area contributed by atoms with Gasteiger partial charge in [-0.3, -0.25) is 4.79 Å². The molecular formula is C14H18F2O4. The van der Waals surface area contributed by atoms with Gasteiger partial charge in [-0.05, 0) is 24.1 Å². The van der Waals surface area contributed by atoms with Gasteiger partial charge in [0.25, 0.3) is 0 Å². The van der Waals surface area contributed by atoms with Crippen molar-refractivity contribution in [3.05, 3.63) is 29.8 Å². The predicted octanol–water partition coefficient (Wildman–Crippen LogP) is 3.21. The number of carbonyl (C=O) groups is 1. The molecule has 1 aromatic carbocycles. The van der Waals surface area contributed by atoms with Gasteiger partial charge in [-0.1, -0.05) is 31.9 Å². The number of carboxylic acids is 1. The fourth-order valence-electron chi connectivity index (χ4n) is 1.92. The monoisotopic (exact) mass is 288 g/mol. The van der Waals surface area contributed by atoms with Crippen molar-refractivity contribution in [3.8, 4) is 5.75 Å². The van der Waals surface area contributed by atoms with E-state index in [9.17, 15) is 18.7 Å². The molecule has 0 aromatic heterocycles. The van der Waals surface area contributed by atoms with Gasteiger partial charge in [-0.25, -0.2) is 0 Å². The third-order valence-corrected chi connectivity index (χ3v) is 3.01. The minimum absolute atomic E-state index is 0.0311. The van der Waals surface area contributed by atoms with Crippen molar-refractivity contribution in [2.75, 3.05) is 0 Å². The quantitative estimate of drug-likeness (QED) is 0.770. The van der Waals surface area contributed by atoms with Crippen molar-refractivity contribution < 1.29 is 28.5 Å². The van der Waals surface area contributed by atoms with Crippen LogP contribution in [0.4, 0.5) is 8.78 Å². The molecule has 1 aromatic rings. The van der Waals surface area contributed by atoms with Gasteiger partial charge >= 0.3 is 12.6 Å². The van der Waals surface area contributed by atoms with Gasteiger partial charge in [0, 0.05) is 0 Å². The number of alkyl halides is 2. The van der Waals surface area contributed by atoms with E-state index in [0.717, 1.165) is 6.42 Å².